The van der Waals surface area contributed by atoms with Gasteiger partial charge in [-0.05, 0) is 31.0 Å². The summed E-state index contributed by atoms with van der Waals surface area (Å²) in [6.45, 7) is 2.09. The van der Waals surface area contributed by atoms with E-state index in [1.54, 1.807) is 6.20 Å². The van der Waals surface area contributed by atoms with Crippen molar-refractivity contribution in [1.29, 1.82) is 0 Å². The Morgan fingerprint density at radius 1 is 1.39 bits per heavy atom. The van der Waals surface area contributed by atoms with Crippen LogP contribution in [-0.4, -0.2) is 34.3 Å². The highest BCUT2D eigenvalue weighted by molar-refractivity contribution is 7.99. The van der Waals surface area contributed by atoms with Gasteiger partial charge in [-0.15, -0.1) is 0 Å². The third kappa shape index (κ3) is 4.00. The standard InChI is InChI=1S/C16H19ClN4OS/c1-20-9-6-18-16(20)23-11-15(22)19-12-4-5-14(13(17)10-12)21-7-2-3-8-21/h4-6,9-10H,2-3,7-8,11H2,1H3,(H,19,22). The van der Waals surface area contributed by atoms with Crippen molar-refractivity contribution in [3.05, 3.63) is 35.6 Å². The van der Waals surface area contributed by atoms with E-state index in [1.165, 1.54) is 24.6 Å². The van der Waals surface area contributed by atoms with Gasteiger partial charge in [0.25, 0.3) is 0 Å². The zero-order valence-electron chi connectivity index (χ0n) is 13.0. The molecule has 1 amide bonds. The van der Waals surface area contributed by atoms with Gasteiger partial charge in [-0.3, -0.25) is 4.79 Å². The van der Waals surface area contributed by atoms with Gasteiger partial charge in [-0.2, -0.15) is 0 Å². The van der Waals surface area contributed by atoms with Gasteiger partial charge in [-0.25, -0.2) is 4.98 Å². The van der Waals surface area contributed by atoms with Crippen LogP contribution in [0.15, 0.2) is 35.7 Å². The van der Waals surface area contributed by atoms with Crippen LogP contribution in [0.1, 0.15) is 12.8 Å². The molecule has 2 heterocycles. The number of carbonyl (C=O) groups excluding carboxylic acids is 1. The van der Waals surface area contributed by atoms with E-state index in [-0.39, 0.29) is 5.91 Å². The fourth-order valence-electron chi connectivity index (χ4n) is 2.62. The summed E-state index contributed by atoms with van der Waals surface area (Å²) in [5, 5.41) is 4.39. The van der Waals surface area contributed by atoms with Crippen LogP contribution in [0.4, 0.5) is 11.4 Å². The summed E-state index contributed by atoms with van der Waals surface area (Å²) in [6.07, 6.45) is 5.99. The zero-order valence-corrected chi connectivity index (χ0v) is 14.5. The number of halogens is 1. The van der Waals surface area contributed by atoms with Gasteiger partial charge < -0.3 is 14.8 Å². The first-order valence-corrected chi connectivity index (χ1v) is 8.94. The number of nitrogens with zero attached hydrogens (tertiary/aromatic N) is 3. The van der Waals surface area contributed by atoms with E-state index in [9.17, 15) is 4.79 Å². The fourth-order valence-corrected chi connectivity index (χ4v) is 3.65. The molecule has 23 heavy (non-hydrogen) atoms. The number of rotatable bonds is 5. The summed E-state index contributed by atoms with van der Waals surface area (Å²) in [5.41, 5.74) is 1.77. The highest BCUT2D eigenvalue weighted by Gasteiger charge is 2.15. The first-order valence-electron chi connectivity index (χ1n) is 7.58. The third-order valence-corrected chi connectivity index (χ3v) is 5.15. The molecular formula is C16H19ClN4OS. The number of imidazole rings is 1. The Kier molecular flexibility index (Phi) is 5.13. The van der Waals surface area contributed by atoms with Crippen LogP contribution in [0.5, 0.6) is 0 Å². The Bertz CT molecular complexity index is 697. The lowest BCUT2D eigenvalue weighted by Crippen LogP contribution is -2.18. The van der Waals surface area contributed by atoms with Gasteiger partial charge in [0.15, 0.2) is 5.16 Å². The van der Waals surface area contributed by atoms with E-state index in [0.29, 0.717) is 10.8 Å². The van der Waals surface area contributed by atoms with E-state index < -0.39 is 0 Å². The van der Waals surface area contributed by atoms with Crippen LogP contribution in [-0.2, 0) is 11.8 Å². The molecule has 1 aliphatic rings. The van der Waals surface area contributed by atoms with Gasteiger partial charge in [0.05, 0.1) is 16.5 Å². The van der Waals surface area contributed by atoms with Gasteiger partial charge in [-0.1, -0.05) is 23.4 Å². The van der Waals surface area contributed by atoms with E-state index in [1.807, 2.05) is 36.0 Å². The van der Waals surface area contributed by atoms with E-state index in [0.717, 1.165) is 29.6 Å². The summed E-state index contributed by atoms with van der Waals surface area (Å²) in [7, 11) is 1.91. The van der Waals surface area contributed by atoms with Crippen molar-refractivity contribution in [2.75, 3.05) is 29.1 Å². The van der Waals surface area contributed by atoms with Crippen LogP contribution in [0.25, 0.3) is 0 Å². The maximum atomic E-state index is 12.0. The monoisotopic (exact) mass is 350 g/mol. The van der Waals surface area contributed by atoms with Crippen molar-refractivity contribution in [1.82, 2.24) is 9.55 Å². The summed E-state index contributed by atoms with van der Waals surface area (Å²) >= 11 is 7.77. The fraction of sp³-hybridized carbons (Fsp3) is 0.375. The summed E-state index contributed by atoms with van der Waals surface area (Å²) in [5.74, 6) is 0.249. The second-order valence-corrected chi connectivity index (χ2v) is 6.87. The van der Waals surface area contributed by atoms with Gasteiger partial charge in [0, 0.05) is 38.2 Å². The molecule has 1 saturated heterocycles. The molecule has 3 rings (SSSR count). The van der Waals surface area contributed by atoms with Crippen LogP contribution in [0, 0.1) is 0 Å². The number of aromatic nitrogens is 2. The lowest BCUT2D eigenvalue weighted by atomic mass is 10.2. The Morgan fingerprint density at radius 2 is 2.17 bits per heavy atom. The zero-order chi connectivity index (χ0) is 16.2. The first kappa shape index (κ1) is 16.2. The summed E-state index contributed by atoms with van der Waals surface area (Å²) < 4.78 is 1.89. The van der Waals surface area contributed by atoms with Crippen molar-refractivity contribution in [3.63, 3.8) is 0 Å². The molecule has 0 radical (unpaired) electrons. The molecule has 1 aromatic carbocycles. The molecule has 0 saturated carbocycles. The predicted molar refractivity (Wildman–Crippen MR) is 95.5 cm³/mol. The third-order valence-electron chi connectivity index (χ3n) is 3.79. The topological polar surface area (TPSA) is 50.2 Å². The molecule has 1 aromatic heterocycles. The Morgan fingerprint density at radius 3 is 2.83 bits per heavy atom. The van der Waals surface area contributed by atoms with Crippen LogP contribution in [0.3, 0.4) is 0 Å². The molecule has 1 fully saturated rings. The maximum Gasteiger partial charge on any atom is 0.234 e. The number of aryl methyl sites for hydroxylation is 1. The Hall–Kier alpha value is -1.66. The Labute approximate surface area is 145 Å². The highest BCUT2D eigenvalue weighted by Crippen LogP contribution is 2.31. The van der Waals surface area contributed by atoms with Crippen LogP contribution >= 0.6 is 23.4 Å². The number of amides is 1. The quantitative estimate of drug-likeness (QED) is 0.840. The van der Waals surface area contributed by atoms with Crippen LogP contribution < -0.4 is 10.2 Å². The molecular weight excluding hydrogens is 332 g/mol. The average molecular weight is 351 g/mol. The van der Waals surface area contributed by atoms with Crippen molar-refractivity contribution in [2.24, 2.45) is 7.05 Å². The van der Waals surface area contributed by atoms with Crippen molar-refractivity contribution in [3.8, 4) is 0 Å². The molecule has 2 aromatic rings. The largest absolute Gasteiger partial charge is 0.370 e. The number of hydrogen-bond acceptors (Lipinski definition) is 4. The molecule has 1 N–H and O–H groups in total. The van der Waals surface area contributed by atoms with E-state index in [2.05, 4.69) is 15.2 Å². The lowest BCUT2D eigenvalue weighted by molar-refractivity contribution is -0.113. The second-order valence-electron chi connectivity index (χ2n) is 5.52. The molecule has 0 atom stereocenters. The maximum absolute atomic E-state index is 12.0. The van der Waals surface area contributed by atoms with Gasteiger partial charge in [0.1, 0.15) is 0 Å². The van der Waals surface area contributed by atoms with E-state index >= 15 is 0 Å². The van der Waals surface area contributed by atoms with Crippen molar-refractivity contribution < 1.29 is 4.79 Å². The normalized spacial score (nSPS) is 14.3. The van der Waals surface area contributed by atoms with Gasteiger partial charge in [0.2, 0.25) is 5.91 Å². The van der Waals surface area contributed by atoms with Crippen LogP contribution in [0.2, 0.25) is 5.02 Å². The highest BCUT2D eigenvalue weighted by atomic mass is 35.5. The predicted octanol–water partition coefficient (Wildman–Crippen LogP) is 3.40. The minimum absolute atomic E-state index is 0.0667. The minimum atomic E-state index is -0.0667. The average Bonchev–Trinajstić information content (AvgIpc) is 3.17. The molecule has 5 nitrogen and oxygen atoms in total. The number of benzene rings is 1. The molecule has 0 bridgehead atoms. The molecule has 122 valence electrons. The number of nitrogens with one attached hydrogen (secondary N) is 1. The molecule has 1 aliphatic heterocycles. The van der Waals surface area contributed by atoms with Crippen molar-refractivity contribution in [2.45, 2.75) is 18.0 Å². The summed E-state index contributed by atoms with van der Waals surface area (Å²) in [4.78, 5) is 18.5. The lowest BCUT2D eigenvalue weighted by Gasteiger charge is -2.19. The molecule has 0 aliphatic carbocycles. The molecule has 0 spiro atoms. The first-order chi connectivity index (χ1) is 11.1. The molecule has 7 heteroatoms. The van der Waals surface area contributed by atoms with Crippen molar-refractivity contribution >= 4 is 40.6 Å². The number of thioether (sulfide) groups is 1. The summed E-state index contributed by atoms with van der Waals surface area (Å²) in [6, 6.07) is 5.70. The van der Waals surface area contributed by atoms with E-state index in [4.69, 9.17) is 11.6 Å². The number of anilines is 2. The smallest absolute Gasteiger partial charge is 0.234 e. The second kappa shape index (κ2) is 7.27. The van der Waals surface area contributed by atoms with Gasteiger partial charge >= 0.3 is 0 Å². The number of hydrogen-bond donors (Lipinski definition) is 1. The number of carbonyl (C=O) groups is 1. The Balaban J connectivity index is 1.58. The minimum Gasteiger partial charge on any atom is -0.370 e. The molecule has 0 unspecified atom stereocenters. The SMILES string of the molecule is Cn1ccnc1SCC(=O)Nc1ccc(N2CCCC2)c(Cl)c1.